The van der Waals surface area contributed by atoms with Crippen molar-refractivity contribution in [2.45, 2.75) is 39.2 Å². The van der Waals surface area contributed by atoms with Crippen LogP contribution >= 0.6 is 0 Å². The van der Waals surface area contributed by atoms with Gasteiger partial charge in [-0.05, 0) is 60.7 Å². The molecule has 0 bridgehead atoms. The van der Waals surface area contributed by atoms with E-state index in [2.05, 4.69) is 24.5 Å². The van der Waals surface area contributed by atoms with Crippen LogP contribution in [0.5, 0.6) is 11.5 Å². The van der Waals surface area contributed by atoms with Gasteiger partial charge in [0.1, 0.15) is 5.82 Å². The number of rotatable bonds is 9. The van der Waals surface area contributed by atoms with Gasteiger partial charge >= 0.3 is 5.97 Å². The number of halogens is 1. The molecule has 1 aliphatic carbocycles. The number of nitrogens with one attached hydrogen (secondary N) is 2. The maximum Gasteiger partial charge on any atom is 0.338 e. The van der Waals surface area contributed by atoms with Crippen LogP contribution in [0, 0.1) is 17.7 Å². The minimum atomic E-state index is -0.677. The second kappa shape index (κ2) is 12.2. The summed E-state index contributed by atoms with van der Waals surface area (Å²) in [4.78, 5) is 36.8. The summed E-state index contributed by atoms with van der Waals surface area (Å²) in [6.07, 6.45) is 3.15. The number of esters is 1. The molecule has 0 radical (unpaired) electrons. The summed E-state index contributed by atoms with van der Waals surface area (Å²) >= 11 is 0. The molecular weight excluding hydrogens is 455 g/mol. The van der Waals surface area contributed by atoms with E-state index < -0.39 is 17.7 Å². The molecule has 0 aliphatic heterocycles. The molecule has 8 nitrogen and oxygen atoms in total. The van der Waals surface area contributed by atoms with E-state index in [1.165, 1.54) is 49.6 Å². The van der Waals surface area contributed by atoms with Crippen LogP contribution in [0.4, 0.5) is 10.1 Å². The van der Waals surface area contributed by atoms with E-state index in [4.69, 9.17) is 14.2 Å². The number of carbonyl (C=O) groups excluding carboxylic acids is 3. The highest BCUT2D eigenvalue weighted by molar-refractivity contribution is 5.93. The molecule has 3 atom stereocenters. The van der Waals surface area contributed by atoms with Crippen molar-refractivity contribution in [1.82, 2.24) is 5.32 Å². The molecular formula is C26H31FN2O6. The smallest absolute Gasteiger partial charge is 0.338 e. The highest BCUT2D eigenvalue weighted by Crippen LogP contribution is 2.30. The predicted octanol–water partition coefficient (Wildman–Crippen LogP) is 3.95. The number of hydrogen-bond donors (Lipinski definition) is 2. The SMILES string of the molecule is COc1cc(C(=O)OCC(=O)N[C@@H]2CCC[C@H](C)[C@@H]2C)ccc1OCC(=O)Nc1ccc(F)cc1. The molecule has 0 aromatic heterocycles. The van der Waals surface area contributed by atoms with Crippen LogP contribution in [-0.2, 0) is 14.3 Å². The highest BCUT2D eigenvalue weighted by atomic mass is 19.1. The van der Waals surface area contributed by atoms with Gasteiger partial charge in [-0.3, -0.25) is 9.59 Å². The van der Waals surface area contributed by atoms with Crippen molar-refractivity contribution in [1.29, 1.82) is 0 Å². The molecule has 1 saturated carbocycles. The first-order chi connectivity index (χ1) is 16.8. The average Bonchev–Trinajstić information content (AvgIpc) is 2.85. The van der Waals surface area contributed by atoms with Crippen molar-refractivity contribution in [3.63, 3.8) is 0 Å². The topological polar surface area (TPSA) is 103 Å². The van der Waals surface area contributed by atoms with Crippen LogP contribution in [0.25, 0.3) is 0 Å². The molecule has 2 aromatic rings. The molecule has 1 fully saturated rings. The van der Waals surface area contributed by atoms with Gasteiger partial charge in [0, 0.05) is 11.7 Å². The first kappa shape index (κ1) is 26.0. The first-order valence-corrected chi connectivity index (χ1v) is 11.6. The second-order valence-corrected chi connectivity index (χ2v) is 8.73. The number of ether oxygens (including phenoxy) is 3. The first-order valence-electron chi connectivity index (χ1n) is 11.6. The summed E-state index contributed by atoms with van der Waals surface area (Å²) in [7, 11) is 1.40. The molecule has 2 aromatic carbocycles. The van der Waals surface area contributed by atoms with Gasteiger partial charge in [0.25, 0.3) is 11.8 Å². The minimum Gasteiger partial charge on any atom is -0.493 e. The Morgan fingerprint density at radius 1 is 0.971 bits per heavy atom. The summed E-state index contributed by atoms with van der Waals surface area (Å²) in [6, 6.07) is 9.78. The zero-order valence-electron chi connectivity index (χ0n) is 20.1. The van der Waals surface area contributed by atoms with Gasteiger partial charge in [0.15, 0.2) is 24.7 Å². The van der Waals surface area contributed by atoms with Gasteiger partial charge in [0.2, 0.25) is 0 Å². The molecule has 9 heteroatoms. The number of amides is 2. The molecule has 0 heterocycles. The fourth-order valence-corrected chi connectivity index (χ4v) is 4.04. The maximum atomic E-state index is 13.0. The van der Waals surface area contributed by atoms with Crippen molar-refractivity contribution in [2.75, 3.05) is 25.6 Å². The lowest BCUT2D eigenvalue weighted by molar-refractivity contribution is -0.125. The third-order valence-corrected chi connectivity index (χ3v) is 6.27. The highest BCUT2D eigenvalue weighted by Gasteiger charge is 2.28. The van der Waals surface area contributed by atoms with Gasteiger partial charge in [-0.25, -0.2) is 9.18 Å². The number of hydrogen-bond acceptors (Lipinski definition) is 6. The monoisotopic (exact) mass is 486 g/mol. The van der Waals surface area contributed by atoms with Crippen LogP contribution in [0.3, 0.4) is 0 Å². The lowest BCUT2D eigenvalue weighted by Crippen LogP contribution is -2.45. The molecule has 1 aliphatic rings. The molecule has 188 valence electrons. The van der Waals surface area contributed by atoms with Crippen LogP contribution in [0.1, 0.15) is 43.5 Å². The van der Waals surface area contributed by atoms with Gasteiger partial charge in [-0.2, -0.15) is 0 Å². The van der Waals surface area contributed by atoms with E-state index in [0.29, 0.717) is 17.5 Å². The van der Waals surface area contributed by atoms with Crippen molar-refractivity contribution in [2.24, 2.45) is 11.8 Å². The number of anilines is 1. The summed E-state index contributed by atoms with van der Waals surface area (Å²) < 4.78 is 28.9. The van der Waals surface area contributed by atoms with E-state index in [-0.39, 0.29) is 42.2 Å². The third-order valence-electron chi connectivity index (χ3n) is 6.27. The van der Waals surface area contributed by atoms with E-state index >= 15 is 0 Å². The Labute approximate surface area is 204 Å². The average molecular weight is 487 g/mol. The molecule has 0 spiro atoms. The van der Waals surface area contributed by atoms with Crippen molar-refractivity contribution < 1.29 is 33.0 Å². The van der Waals surface area contributed by atoms with Crippen LogP contribution < -0.4 is 20.1 Å². The van der Waals surface area contributed by atoms with Gasteiger partial charge in [-0.15, -0.1) is 0 Å². The Hall–Kier alpha value is -3.62. The molecule has 0 saturated heterocycles. The van der Waals surface area contributed by atoms with E-state index in [1.54, 1.807) is 0 Å². The standard InChI is InChI=1S/C26H31FN2O6/c1-16-5-4-6-21(17(16)2)29-25(31)15-35-26(32)18-7-12-22(23(13-18)33-3)34-14-24(30)28-20-10-8-19(27)9-11-20/h7-13,16-17,21H,4-6,14-15H2,1-3H3,(H,28,30)(H,29,31)/t16-,17-,21+/m0/s1. The fraction of sp³-hybridized carbons (Fsp3) is 0.423. The zero-order chi connectivity index (χ0) is 25.4. The van der Waals surface area contributed by atoms with Gasteiger partial charge in [0.05, 0.1) is 12.7 Å². The van der Waals surface area contributed by atoms with E-state index in [0.717, 1.165) is 19.3 Å². The number of methoxy groups -OCH3 is 1. The molecule has 2 amide bonds. The third kappa shape index (κ3) is 7.43. The summed E-state index contributed by atoms with van der Waals surface area (Å²) in [6.45, 7) is 3.61. The van der Waals surface area contributed by atoms with Gasteiger partial charge in [-0.1, -0.05) is 26.7 Å². The Bertz CT molecular complexity index is 1040. The molecule has 3 rings (SSSR count). The maximum absolute atomic E-state index is 13.0. The van der Waals surface area contributed by atoms with Crippen molar-refractivity contribution in [3.8, 4) is 11.5 Å². The Morgan fingerprint density at radius 2 is 1.71 bits per heavy atom. The second-order valence-electron chi connectivity index (χ2n) is 8.73. The number of benzene rings is 2. The lowest BCUT2D eigenvalue weighted by Gasteiger charge is -2.34. The Balaban J connectivity index is 1.50. The predicted molar refractivity (Wildman–Crippen MR) is 128 cm³/mol. The normalized spacial score (nSPS) is 19.4. The van der Waals surface area contributed by atoms with Crippen molar-refractivity contribution >= 4 is 23.5 Å². The largest absolute Gasteiger partial charge is 0.493 e. The summed E-state index contributed by atoms with van der Waals surface area (Å²) in [5.41, 5.74) is 0.610. The van der Waals surface area contributed by atoms with Crippen molar-refractivity contribution in [3.05, 3.63) is 53.8 Å². The van der Waals surface area contributed by atoms with E-state index in [9.17, 15) is 18.8 Å². The van der Waals surface area contributed by atoms with Crippen LogP contribution in [0.15, 0.2) is 42.5 Å². The van der Waals surface area contributed by atoms with Gasteiger partial charge < -0.3 is 24.8 Å². The van der Waals surface area contributed by atoms with Crippen LogP contribution in [-0.4, -0.2) is 44.1 Å². The van der Waals surface area contributed by atoms with Crippen LogP contribution in [0.2, 0.25) is 0 Å². The van der Waals surface area contributed by atoms with E-state index in [1.807, 2.05) is 0 Å². The summed E-state index contributed by atoms with van der Waals surface area (Å²) in [5, 5.41) is 5.55. The minimum absolute atomic E-state index is 0.0849. The molecule has 35 heavy (non-hydrogen) atoms. The fourth-order valence-electron chi connectivity index (χ4n) is 4.04. The summed E-state index contributed by atoms with van der Waals surface area (Å²) in [5.74, 6) is -0.476. The lowest BCUT2D eigenvalue weighted by atomic mass is 9.78. The molecule has 0 unspecified atom stereocenters. The Kier molecular flexibility index (Phi) is 9.05. The number of carbonyl (C=O) groups is 3. The molecule has 2 N–H and O–H groups in total. The zero-order valence-corrected chi connectivity index (χ0v) is 20.1. The Morgan fingerprint density at radius 3 is 2.43 bits per heavy atom. The quantitative estimate of drug-likeness (QED) is 0.521.